The van der Waals surface area contributed by atoms with Gasteiger partial charge in [0.25, 0.3) is 0 Å². The lowest BCUT2D eigenvalue weighted by Gasteiger charge is -2.45. The highest BCUT2D eigenvalue weighted by Crippen LogP contribution is 2.38. The summed E-state index contributed by atoms with van der Waals surface area (Å²) in [5.41, 5.74) is 0.732. The molecule has 1 saturated heterocycles. The van der Waals surface area contributed by atoms with Crippen LogP contribution in [-0.2, 0) is 9.53 Å². The molecule has 1 amide bonds. The smallest absolute Gasteiger partial charge is 0.249 e. The van der Waals surface area contributed by atoms with Gasteiger partial charge in [0.1, 0.15) is 11.7 Å². The van der Waals surface area contributed by atoms with Gasteiger partial charge in [-0.25, -0.2) is 15.0 Å². The van der Waals surface area contributed by atoms with Gasteiger partial charge in [-0.2, -0.15) is 4.98 Å². The molecule has 0 spiro atoms. The monoisotopic (exact) mass is 425 g/mol. The summed E-state index contributed by atoms with van der Waals surface area (Å²) in [6, 6.07) is -0.0290. The number of ether oxygens (including phenoxy) is 1. The van der Waals surface area contributed by atoms with E-state index in [0.717, 1.165) is 35.8 Å². The predicted molar refractivity (Wildman–Crippen MR) is 114 cm³/mol. The molecular weight excluding hydrogens is 402 g/mol. The fourth-order valence-electron chi connectivity index (χ4n) is 4.23. The van der Waals surface area contributed by atoms with Crippen LogP contribution >= 0.6 is 11.3 Å². The van der Waals surface area contributed by atoms with Gasteiger partial charge in [0, 0.05) is 50.3 Å². The van der Waals surface area contributed by atoms with E-state index in [1.807, 2.05) is 23.1 Å². The lowest BCUT2D eigenvalue weighted by Crippen LogP contribution is -2.57. The zero-order chi connectivity index (χ0) is 20.7. The first kappa shape index (κ1) is 19.1. The number of aromatic nitrogens is 5. The largest absolute Gasteiger partial charge is 0.381 e. The number of rotatable bonds is 4. The van der Waals surface area contributed by atoms with Gasteiger partial charge < -0.3 is 14.5 Å². The van der Waals surface area contributed by atoms with Crippen LogP contribution in [0.4, 0.5) is 11.5 Å². The molecule has 156 valence electrons. The van der Waals surface area contributed by atoms with Crippen LogP contribution in [0.3, 0.4) is 0 Å². The van der Waals surface area contributed by atoms with Crippen LogP contribution in [-0.4, -0.2) is 62.8 Å². The van der Waals surface area contributed by atoms with Crippen LogP contribution < -0.4 is 9.80 Å². The zero-order valence-corrected chi connectivity index (χ0v) is 17.7. The van der Waals surface area contributed by atoms with Gasteiger partial charge in [-0.05, 0) is 19.3 Å². The third-order valence-corrected chi connectivity index (χ3v) is 6.51. The Balaban J connectivity index is 1.62. The molecule has 0 aliphatic carbocycles. The van der Waals surface area contributed by atoms with Crippen molar-refractivity contribution < 1.29 is 9.53 Å². The first-order valence-corrected chi connectivity index (χ1v) is 11.0. The van der Waals surface area contributed by atoms with Crippen LogP contribution in [0.5, 0.6) is 0 Å². The summed E-state index contributed by atoms with van der Waals surface area (Å²) in [5.74, 6) is 2.10. The Labute approximate surface area is 178 Å². The van der Waals surface area contributed by atoms with Crippen molar-refractivity contribution in [2.45, 2.75) is 38.3 Å². The number of hydrogen-bond donors (Lipinski definition) is 0. The number of anilines is 2. The molecule has 1 atom stereocenters. The minimum atomic E-state index is -0.241. The first-order valence-electron chi connectivity index (χ1n) is 10.1. The number of imidazole rings is 1. The molecule has 1 fully saturated rings. The minimum absolute atomic E-state index is 0.0824. The van der Waals surface area contributed by atoms with Gasteiger partial charge in [-0.1, -0.05) is 6.92 Å². The number of nitrogens with zero attached hydrogens (tertiary/aromatic N) is 7. The number of thiazole rings is 1. The van der Waals surface area contributed by atoms with Gasteiger partial charge in [0.2, 0.25) is 11.9 Å². The first-order chi connectivity index (χ1) is 14.7. The average molecular weight is 426 g/mol. The normalized spacial score (nSPS) is 19.9. The Morgan fingerprint density at radius 3 is 2.77 bits per heavy atom. The molecule has 3 aromatic rings. The molecule has 0 radical (unpaired) electrons. The summed E-state index contributed by atoms with van der Waals surface area (Å²) in [7, 11) is 1.80. The van der Waals surface area contributed by atoms with E-state index in [-0.39, 0.29) is 18.0 Å². The SMILES string of the molecule is CC[C@@H]1C(=O)N(C)c2cnc(-n3ccnc3-c3nccs3)nc2N1C1CCOCC1. The molecule has 10 heteroatoms. The number of likely N-dealkylation sites (N-methyl/N-ethyl adjacent to an activating group) is 1. The number of hydrogen-bond acceptors (Lipinski definition) is 8. The number of fused-ring (bicyclic) bond motifs is 1. The van der Waals surface area contributed by atoms with E-state index in [4.69, 9.17) is 9.72 Å². The fraction of sp³-hybridized carbons (Fsp3) is 0.450. The average Bonchev–Trinajstić information content (AvgIpc) is 3.48. The molecule has 30 heavy (non-hydrogen) atoms. The molecule has 0 unspecified atom stereocenters. The van der Waals surface area contributed by atoms with Crippen molar-refractivity contribution in [3.05, 3.63) is 30.2 Å². The molecule has 2 aliphatic heterocycles. The second-order valence-electron chi connectivity index (χ2n) is 7.41. The second-order valence-corrected chi connectivity index (χ2v) is 8.30. The van der Waals surface area contributed by atoms with Crippen molar-refractivity contribution in [2.24, 2.45) is 0 Å². The van der Waals surface area contributed by atoms with Crippen molar-refractivity contribution in [2.75, 3.05) is 30.1 Å². The van der Waals surface area contributed by atoms with Crippen LogP contribution in [0, 0.1) is 0 Å². The molecule has 2 aliphatic rings. The maximum atomic E-state index is 13.1. The zero-order valence-electron chi connectivity index (χ0n) is 16.9. The highest BCUT2D eigenvalue weighted by atomic mass is 32.1. The highest BCUT2D eigenvalue weighted by Gasteiger charge is 2.41. The number of carbonyl (C=O) groups is 1. The molecule has 3 aromatic heterocycles. The highest BCUT2D eigenvalue weighted by molar-refractivity contribution is 7.13. The van der Waals surface area contributed by atoms with E-state index in [2.05, 4.69) is 19.9 Å². The Bertz CT molecular complexity index is 1050. The lowest BCUT2D eigenvalue weighted by molar-refractivity contribution is -0.120. The van der Waals surface area contributed by atoms with E-state index in [1.54, 1.807) is 30.5 Å². The Hall–Kier alpha value is -2.85. The topological polar surface area (TPSA) is 89.3 Å². The van der Waals surface area contributed by atoms with E-state index in [1.165, 1.54) is 11.3 Å². The maximum absolute atomic E-state index is 13.1. The van der Waals surface area contributed by atoms with Crippen LogP contribution in [0.25, 0.3) is 16.8 Å². The van der Waals surface area contributed by atoms with Gasteiger partial charge in [-0.3, -0.25) is 9.36 Å². The predicted octanol–water partition coefficient (Wildman–Crippen LogP) is 2.53. The number of amides is 1. The Morgan fingerprint density at radius 2 is 2.03 bits per heavy atom. The minimum Gasteiger partial charge on any atom is -0.381 e. The van der Waals surface area contributed by atoms with E-state index in [9.17, 15) is 4.79 Å². The van der Waals surface area contributed by atoms with Crippen molar-refractivity contribution in [1.82, 2.24) is 24.5 Å². The van der Waals surface area contributed by atoms with Gasteiger partial charge >= 0.3 is 0 Å². The summed E-state index contributed by atoms with van der Waals surface area (Å²) >= 11 is 1.52. The van der Waals surface area contributed by atoms with Crippen molar-refractivity contribution >= 4 is 28.7 Å². The summed E-state index contributed by atoms with van der Waals surface area (Å²) < 4.78 is 7.41. The van der Waals surface area contributed by atoms with E-state index in [0.29, 0.717) is 25.0 Å². The Kier molecular flexibility index (Phi) is 4.95. The van der Waals surface area contributed by atoms with Crippen molar-refractivity contribution in [3.63, 3.8) is 0 Å². The summed E-state index contributed by atoms with van der Waals surface area (Å²) in [6.07, 6.45) is 9.52. The third-order valence-electron chi connectivity index (χ3n) is 5.75. The molecule has 5 heterocycles. The van der Waals surface area contributed by atoms with Crippen LogP contribution in [0.2, 0.25) is 0 Å². The van der Waals surface area contributed by atoms with Crippen LogP contribution in [0.15, 0.2) is 30.2 Å². The molecule has 0 N–H and O–H groups in total. The molecule has 0 aromatic carbocycles. The van der Waals surface area contributed by atoms with Crippen molar-refractivity contribution in [3.8, 4) is 16.8 Å². The van der Waals surface area contributed by atoms with Gasteiger partial charge in [0.15, 0.2) is 16.6 Å². The number of carbonyl (C=O) groups excluding carboxylic acids is 1. The third kappa shape index (κ3) is 3.07. The molecule has 0 saturated carbocycles. The standard InChI is InChI=1S/C20H23N7O2S/c1-3-14-19(28)25(2)15-12-23-20(24-16(15)27(14)13-4-9-29-10-5-13)26-8-6-21-17(26)18-22-7-11-30-18/h6-8,11-14H,3-5,9-10H2,1-2H3/t14-/m1/s1. The fourth-order valence-corrected chi connectivity index (χ4v) is 4.86. The lowest BCUT2D eigenvalue weighted by atomic mass is 9.99. The molecular formula is C20H23N7O2S. The summed E-state index contributed by atoms with van der Waals surface area (Å²) in [6.45, 7) is 3.45. The van der Waals surface area contributed by atoms with E-state index < -0.39 is 0 Å². The van der Waals surface area contributed by atoms with Gasteiger partial charge in [0.05, 0.1) is 6.20 Å². The summed E-state index contributed by atoms with van der Waals surface area (Å²) in [4.78, 5) is 35.3. The molecule has 9 nitrogen and oxygen atoms in total. The maximum Gasteiger partial charge on any atom is 0.249 e. The van der Waals surface area contributed by atoms with Gasteiger partial charge in [-0.15, -0.1) is 11.3 Å². The Morgan fingerprint density at radius 1 is 1.20 bits per heavy atom. The summed E-state index contributed by atoms with van der Waals surface area (Å²) in [5, 5.41) is 2.72. The molecule has 0 bridgehead atoms. The van der Waals surface area contributed by atoms with Crippen molar-refractivity contribution in [1.29, 1.82) is 0 Å². The second kappa shape index (κ2) is 7.77. The molecule has 5 rings (SSSR count). The van der Waals surface area contributed by atoms with E-state index >= 15 is 0 Å². The van der Waals surface area contributed by atoms with Crippen LogP contribution in [0.1, 0.15) is 26.2 Å². The quantitative estimate of drug-likeness (QED) is 0.634.